The molecule has 112 valence electrons. The topological polar surface area (TPSA) is 12.0 Å². The highest BCUT2D eigenvalue weighted by atomic mass is 35.5. The molecule has 2 aromatic carbocycles. The van der Waals surface area contributed by atoms with Crippen LogP contribution in [0.5, 0.6) is 0 Å². The number of rotatable bonds is 3. The van der Waals surface area contributed by atoms with Crippen LogP contribution in [0.15, 0.2) is 36.4 Å². The van der Waals surface area contributed by atoms with Gasteiger partial charge in [0.05, 0.1) is 16.3 Å². The highest BCUT2D eigenvalue weighted by Gasteiger charge is 2.34. The zero-order valence-electron chi connectivity index (χ0n) is 10.4. The first-order valence-electron chi connectivity index (χ1n) is 5.83. The van der Waals surface area contributed by atoms with Crippen molar-refractivity contribution in [3.8, 4) is 0 Å². The van der Waals surface area contributed by atoms with E-state index in [-0.39, 0.29) is 27.8 Å². The van der Waals surface area contributed by atoms with Gasteiger partial charge in [-0.3, -0.25) is 0 Å². The number of nitrogens with one attached hydrogen (secondary N) is 1. The zero-order valence-corrected chi connectivity index (χ0v) is 12.0. The number of hydrogen-bond donors (Lipinski definition) is 1. The van der Waals surface area contributed by atoms with Gasteiger partial charge in [0.25, 0.3) is 0 Å². The molecule has 7 heteroatoms. The van der Waals surface area contributed by atoms with Crippen LogP contribution in [-0.4, -0.2) is 0 Å². The molecule has 0 aliphatic rings. The van der Waals surface area contributed by atoms with Gasteiger partial charge < -0.3 is 5.32 Å². The standard InChI is InChI=1S/C14H9Cl2F4N/c15-10-4-2-6-12(17)8(10)7-21-13-9(14(18,19)20)3-1-5-11(13)16/h1-6,21H,7H2. The summed E-state index contributed by atoms with van der Waals surface area (Å²) < 4.78 is 52.4. The molecule has 21 heavy (non-hydrogen) atoms. The molecule has 0 aliphatic carbocycles. The van der Waals surface area contributed by atoms with E-state index in [0.717, 1.165) is 6.07 Å². The largest absolute Gasteiger partial charge is 0.418 e. The van der Waals surface area contributed by atoms with Gasteiger partial charge in [-0.15, -0.1) is 0 Å². The second kappa shape index (κ2) is 6.12. The molecular formula is C14H9Cl2F4N. The Hall–Kier alpha value is -1.46. The highest BCUT2D eigenvalue weighted by molar-refractivity contribution is 6.33. The lowest BCUT2D eigenvalue weighted by Crippen LogP contribution is -2.12. The fourth-order valence-electron chi connectivity index (χ4n) is 1.82. The molecule has 1 N–H and O–H groups in total. The molecule has 0 heterocycles. The second-order valence-corrected chi connectivity index (χ2v) is 5.03. The molecule has 2 rings (SSSR count). The predicted molar refractivity (Wildman–Crippen MR) is 75.2 cm³/mol. The Kier molecular flexibility index (Phi) is 4.64. The van der Waals surface area contributed by atoms with E-state index in [9.17, 15) is 17.6 Å². The number of alkyl halides is 3. The molecule has 0 bridgehead atoms. The number of anilines is 1. The van der Waals surface area contributed by atoms with Crippen molar-refractivity contribution in [1.29, 1.82) is 0 Å². The van der Waals surface area contributed by atoms with Crippen LogP contribution in [0.2, 0.25) is 10.0 Å². The fraction of sp³-hybridized carbons (Fsp3) is 0.143. The van der Waals surface area contributed by atoms with Crippen LogP contribution < -0.4 is 5.32 Å². The summed E-state index contributed by atoms with van der Waals surface area (Å²) in [6.07, 6.45) is -4.56. The number of hydrogen-bond acceptors (Lipinski definition) is 1. The first-order chi connectivity index (χ1) is 9.80. The SMILES string of the molecule is Fc1cccc(Cl)c1CNc1c(Cl)cccc1C(F)(F)F. The summed E-state index contributed by atoms with van der Waals surface area (Å²) in [7, 11) is 0. The van der Waals surface area contributed by atoms with Gasteiger partial charge in [0.2, 0.25) is 0 Å². The summed E-state index contributed by atoms with van der Waals surface area (Å²) >= 11 is 11.6. The molecule has 0 radical (unpaired) electrons. The lowest BCUT2D eigenvalue weighted by molar-refractivity contribution is -0.136. The Balaban J connectivity index is 2.33. The van der Waals surface area contributed by atoms with E-state index in [1.807, 2.05) is 0 Å². The molecule has 2 aromatic rings. The van der Waals surface area contributed by atoms with Crippen LogP contribution in [-0.2, 0) is 12.7 Å². The molecule has 0 amide bonds. The van der Waals surface area contributed by atoms with Gasteiger partial charge in [-0.1, -0.05) is 35.3 Å². The maximum absolute atomic E-state index is 13.6. The van der Waals surface area contributed by atoms with Crippen LogP contribution >= 0.6 is 23.2 Å². The van der Waals surface area contributed by atoms with E-state index >= 15 is 0 Å². The molecular weight excluding hydrogens is 329 g/mol. The van der Waals surface area contributed by atoms with Gasteiger partial charge in [-0.05, 0) is 24.3 Å². The van der Waals surface area contributed by atoms with Crippen molar-refractivity contribution >= 4 is 28.9 Å². The average Bonchev–Trinajstić information content (AvgIpc) is 2.38. The predicted octanol–water partition coefficient (Wildman–Crippen LogP) is 5.76. The van der Waals surface area contributed by atoms with Gasteiger partial charge >= 0.3 is 6.18 Å². The quantitative estimate of drug-likeness (QED) is 0.701. The first-order valence-corrected chi connectivity index (χ1v) is 6.58. The summed E-state index contributed by atoms with van der Waals surface area (Å²) in [6, 6.07) is 7.47. The van der Waals surface area contributed by atoms with Crippen LogP contribution in [0.1, 0.15) is 11.1 Å². The third-order valence-corrected chi connectivity index (χ3v) is 3.49. The van der Waals surface area contributed by atoms with Crippen molar-refractivity contribution in [2.45, 2.75) is 12.7 Å². The number of para-hydroxylation sites is 1. The molecule has 0 spiro atoms. The van der Waals surface area contributed by atoms with E-state index in [1.54, 1.807) is 0 Å². The number of benzene rings is 2. The average molecular weight is 338 g/mol. The van der Waals surface area contributed by atoms with Crippen LogP contribution in [0.25, 0.3) is 0 Å². The van der Waals surface area contributed by atoms with E-state index in [1.165, 1.54) is 30.3 Å². The third-order valence-electron chi connectivity index (χ3n) is 2.82. The Labute approximate surface area is 128 Å². The van der Waals surface area contributed by atoms with Crippen LogP contribution in [0.4, 0.5) is 23.2 Å². The molecule has 0 fully saturated rings. The van der Waals surface area contributed by atoms with Crippen LogP contribution in [0, 0.1) is 5.82 Å². The van der Waals surface area contributed by atoms with Crippen molar-refractivity contribution < 1.29 is 17.6 Å². The van der Waals surface area contributed by atoms with Crippen LogP contribution in [0.3, 0.4) is 0 Å². The van der Waals surface area contributed by atoms with E-state index in [2.05, 4.69) is 5.32 Å². The lowest BCUT2D eigenvalue weighted by Gasteiger charge is -2.16. The van der Waals surface area contributed by atoms with Gasteiger partial charge in [0, 0.05) is 17.1 Å². The van der Waals surface area contributed by atoms with E-state index in [4.69, 9.17) is 23.2 Å². The lowest BCUT2D eigenvalue weighted by atomic mass is 10.1. The molecule has 0 atom stereocenters. The summed E-state index contributed by atoms with van der Waals surface area (Å²) in [5.41, 5.74) is -1.14. The first kappa shape index (κ1) is 15.9. The third kappa shape index (κ3) is 3.60. The van der Waals surface area contributed by atoms with Crippen molar-refractivity contribution in [3.05, 3.63) is 63.4 Å². The molecule has 0 saturated carbocycles. The molecule has 1 nitrogen and oxygen atoms in total. The monoisotopic (exact) mass is 337 g/mol. The Morgan fingerprint density at radius 1 is 0.952 bits per heavy atom. The zero-order chi connectivity index (χ0) is 15.6. The van der Waals surface area contributed by atoms with Gasteiger partial charge in [-0.2, -0.15) is 13.2 Å². The Morgan fingerprint density at radius 3 is 2.19 bits per heavy atom. The molecule has 0 saturated heterocycles. The summed E-state index contributed by atoms with van der Waals surface area (Å²) in [6.45, 7) is -0.210. The van der Waals surface area contributed by atoms with Gasteiger partial charge in [-0.25, -0.2) is 4.39 Å². The summed E-state index contributed by atoms with van der Waals surface area (Å²) in [5, 5.41) is 2.54. The minimum absolute atomic E-state index is 0.0761. The Morgan fingerprint density at radius 2 is 1.57 bits per heavy atom. The summed E-state index contributed by atoms with van der Waals surface area (Å²) in [5.74, 6) is -0.601. The fourth-order valence-corrected chi connectivity index (χ4v) is 2.29. The minimum atomic E-state index is -4.56. The maximum atomic E-state index is 13.6. The van der Waals surface area contributed by atoms with E-state index < -0.39 is 17.6 Å². The van der Waals surface area contributed by atoms with Gasteiger partial charge in [0.1, 0.15) is 5.82 Å². The molecule has 0 unspecified atom stereocenters. The molecule has 0 aromatic heterocycles. The van der Waals surface area contributed by atoms with Crippen molar-refractivity contribution in [1.82, 2.24) is 0 Å². The normalized spacial score (nSPS) is 11.5. The van der Waals surface area contributed by atoms with Crippen molar-refractivity contribution in [2.24, 2.45) is 0 Å². The highest BCUT2D eigenvalue weighted by Crippen LogP contribution is 2.38. The second-order valence-electron chi connectivity index (χ2n) is 4.21. The summed E-state index contributed by atoms with van der Waals surface area (Å²) in [4.78, 5) is 0. The van der Waals surface area contributed by atoms with Crippen molar-refractivity contribution in [3.63, 3.8) is 0 Å². The van der Waals surface area contributed by atoms with Gasteiger partial charge in [0.15, 0.2) is 0 Å². The smallest absolute Gasteiger partial charge is 0.379 e. The van der Waals surface area contributed by atoms with Crippen molar-refractivity contribution in [2.75, 3.05) is 5.32 Å². The maximum Gasteiger partial charge on any atom is 0.418 e. The number of halogens is 6. The van der Waals surface area contributed by atoms with E-state index in [0.29, 0.717) is 0 Å². The minimum Gasteiger partial charge on any atom is -0.379 e. The Bertz CT molecular complexity index is 636. The molecule has 0 aliphatic heterocycles.